The predicted octanol–water partition coefficient (Wildman–Crippen LogP) is 1.27. The Hall–Kier alpha value is -1.73. The van der Waals surface area contributed by atoms with Crippen LogP contribution in [0.4, 0.5) is 0 Å². The molecule has 0 aliphatic rings. The van der Waals surface area contributed by atoms with Crippen molar-refractivity contribution in [2.24, 2.45) is 0 Å². The number of carbonyl (C=O) groups is 1. The average Bonchev–Trinajstić information content (AvgIpc) is 2.02. The van der Waals surface area contributed by atoms with Crippen LogP contribution in [0.1, 0.15) is 18.1 Å². The van der Waals surface area contributed by atoms with Gasteiger partial charge < -0.3 is 0 Å². The van der Waals surface area contributed by atoms with Crippen molar-refractivity contribution < 1.29 is 9.36 Å². The lowest BCUT2D eigenvalue weighted by atomic mass is 10.2. The van der Waals surface area contributed by atoms with E-state index >= 15 is 0 Å². The summed E-state index contributed by atoms with van der Waals surface area (Å²) in [6.45, 7) is 5.33. The third-order valence-electron chi connectivity index (χ3n) is 1.85. The standard InChI is InChI=1S/C11H13N2O/c1-8-4-9(2)7-13(6-8)11(5-12)10(3)14/h4,6-7,12H,1-3H3/q+1. The maximum absolute atomic E-state index is 11.2. The molecule has 0 fully saturated rings. The lowest BCUT2D eigenvalue weighted by molar-refractivity contribution is -0.576. The van der Waals surface area contributed by atoms with Crippen LogP contribution in [0.25, 0.3) is 5.70 Å². The molecule has 1 heterocycles. The predicted molar refractivity (Wildman–Crippen MR) is 54.2 cm³/mol. The number of rotatable bonds is 2. The van der Waals surface area contributed by atoms with E-state index < -0.39 is 0 Å². The van der Waals surface area contributed by atoms with Gasteiger partial charge in [-0.2, -0.15) is 4.57 Å². The Labute approximate surface area is 83.2 Å². The molecule has 3 heteroatoms. The zero-order valence-corrected chi connectivity index (χ0v) is 8.59. The van der Waals surface area contributed by atoms with Crippen LogP contribution in [0.15, 0.2) is 18.5 Å². The normalized spacial score (nSPS) is 9.36. The summed E-state index contributed by atoms with van der Waals surface area (Å²) in [5.41, 5.74) is 2.37. The molecule has 3 nitrogen and oxygen atoms in total. The Kier molecular flexibility index (Phi) is 2.95. The first-order valence-electron chi connectivity index (χ1n) is 4.35. The second kappa shape index (κ2) is 3.99. The molecule has 1 aromatic rings. The van der Waals surface area contributed by atoms with Crippen LogP contribution < -0.4 is 4.57 Å². The van der Waals surface area contributed by atoms with Gasteiger partial charge in [0.1, 0.15) is 0 Å². The number of ketones is 1. The summed E-state index contributed by atoms with van der Waals surface area (Å²) in [5, 5.41) is 7.04. The van der Waals surface area contributed by atoms with Gasteiger partial charge >= 0.3 is 5.70 Å². The Morgan fingerprint density at radius 1 is 1.36 bits per heavy atom. The van der Waals surface area contributed by atoms with Gasteiger partial charge in [-0.25, -0.2) is 0 Å². The van der Waals surface area contributed by atoms with E-state index in [1.54, 1.807) is 4.57 Å². The van der Waals surface area contributed by atoms with Crippen molar-refractivity contribution in [2.75, 3.05) is 0 Å². The largest absolute Gasteiger partial charge is 0.315 e. The van der Waals surface area contributed by atoms with Gasteiger partial charge in [-0.3, -0.25) is 10.2 Å². The summed E-state index contributed by atoms with van der Waals surface area (Å²) in [6.07, 6.45) is 3.62. The minimum atomic E-state index is -0.157. The molecule has 14 heavy (non-hydrogen) atoms. The lowest BCUT2D eigenvalue weighted by Crippen LogP contribution is -2.36. The van der Waals surface area contributed by atoms with Gasteiger partial charge in [-0.05, 0) is 19.9 Å². The second-order valence-electron chi connectivity index (χ2n) is 3.33. The Morgan fingerprint density at radius 2 is 1.86 bits per heavy atom. The molecule has 0 radical (unpaired) electrons. The molecular formula is C11H13N2O+. The number of Topliss-reactive ketones (excluding diaryl/α,β-unsaturated/α-hetero) is 1. The van der Waals surface area contributed by atoms with Crippen LogP contribution in [-0.4, -0.2) is 11.7 Å². The van der Waals surface area contributed by atoms with E-state index in [1.165, 1.54) is 6.92 Å². The molecule has 1 aromatic heterocycles. The summed E-state index contributed by atoms with van der Waals surface area (Å²) in [7, 11) is 0. The van der Waals surface area contributed by atoms with Crippen LogP contribution >= 0.6 is 0 Å². The molecule has 0 aliphatic heterocycles. The zero-order valence-electron chi connectivity index (χ0n) is 8.59. The topological polar surface area (TPSA) is 44.8 Å². The molecule has 72 valence electrons. The fourth-order valence-electron chi connectivity index (χ4n) is 1.37. The molecule has 0 unspecified atom stereocenters. The van der Waals surface area contributed by atoms with Crippen molar-refractivity contribution in [2.45, 2.75) is 20.8 Å². The van der Waals surface area contributed by atoms with Crippen LogP contribution in [0, 0.1) is 19.3 Å². The minimum absolute atomic E-state index is 0.157. The highest BCUT2D eigenvalue weighted by Gasteiger charge is 2.16. The van der Waals surface area contributed by atoms with E-state index in [1.807, 2.05) is 32.3 Å². The maximum atomic E-state index is 11.2. The highest BCUT2D eigenvalue weighted by molar-refractivity contribution is 6.18. The maximum Gasteiger partial charge on any atom is 0.315 e. The number of aromatic nitrogens is 1. The summed E-state index contributed by atoms with van der Waals surface area (Å²) >= 11 is 0. The Morgan fingerprint density at radius 3 is 2.21 bits per heavy atom. The summed E-state index contributed by atoms with van der Waals surface area (Å²) < 4.78 is 1.64. The molecule has 0 saturated carbocycles. The van der Waals surface area contributed by atoms with Crippen LogP contribution in [0.2, 0.25) is 0 Å². The number of hydrogen-bond donors (Lipinski definition) is 1. The third-order valence-corrected chi connectivity index (χ3v) is 1.85. The van der Waals surface area contributed by atoms with Crippen LogP contribution in [0.5, 0.6) is 0 Å². The van der Waals surface area contributed by atoms with Crippen molar-refractivity contribution in [3.05, 3.63) is 29.6 Å². The highest BCUT2D eigenvalue weighted by Crippen LogP contribution is 2.00. The van der Waals surface area contributed by atoms with Gasteiger partial charge in [0.05, 0.1) is 5.87 Å². The molecule has 0 saturated heterocycles. The quantitative estimate of drug-likeness (QED) is 0.425. The number of aryl methyl sites for hydroxylation is 2. The van der Waals surface area contributed by atoms with Crippen molar-refractivity contribution >= 4 is 17.4 Å². The first-order valence-corrected chi connectivity index (χ1v) is 4.35. The zero-order chi connectivity index (χ0) is 10.7. The van der Waals surface area contributed by atoms with E-state index in [0.29, 0.717) is 0 Å². The molecule has 1 rings (SSSR count). The summed E-state index contributed by atoms with van der Waals surface area (Å²) in [6, 6.07) is 2.01. The van der Waals surface area contributed by atoms with Crippen molar-refractivity contribution in [3.63, 3.8) is 0 Å². The third kappa shape index (κ3) is 2.15. The van der Waals surface area contributed by atoms with Crippen molar-refractivity contribution in [3.8, 4) is 0 Å². The molecule has 0 spiro atoms. The molecule has 0 atom stereocenters. The first kappa shape index (κ1) is 10.4. The summed E-state index contributed by atoms with van der Waals surface area (Å²) in [5.74, 6) is 1.99. The molecule has 0 aliphatic carbocycles. The number of carbonyl (C=O) groups excluding carboxylic acids is 1. The Balaban J connectivity index is 3.32. The second-order valence-corrected chi connectivity index (χ2v) is 3.33. The molecule has 0 amide bonds. The van der Waals surface area contributed by atoms with Crippen LogP contribution in [-0.2, 0) is 4.79 Å². The van der Waals surface area contributed by atoms with E-state index in [2.05, 4.69) is 5.87 Å². The molecular weight excluding hydrogens is 176 g/mol. The first-order chi connectivity index (χ1) is 6.54. The van der Waals surface area contributed by atoms with Crippen molar-refractivity contribution in [1.82, 2.24) is 0 Å². The van der Waals surface area contributed by atoms with Gasteiger partial charge in [-0.15, -0.1) is 0 Å². The smallest absolute Gasteiger partial charge is 0.287 e. The highest BCUT2D eigenvalue weighted by atomic mass is 16.1. The van der Waals surface area contributed by atoms with E-state index in [9.17, 15) is 4.79 Å². The fraction of sp³-hybridized carbons (Fsp3) is 0.273. The number of pyridine rings is 1. The van der Waals surface area contributed by atoms with Gasteiger partial charge in [0.15, 0.2) is 12.4 Å². The monoisotopic (exact) mass is 189 g/mol. The number of nitrogens with zero attached hydrogens (tertiary/aromatic N) is 1. The van der Waals surface area contributed by atoms with E-state index in [-0.39, 0.29) is 11.5 Å². The van der Waals surface area contributed by atoms with Gasteiger partial charge in [-0.1, -0.05) is 0 Å². The Bertz CT molecular complexity index is 409. The van der Waals surface area contributed by atoms with Crippen molar-refractivity contribution in [1.29, 1.82) is 5.41 Å². The lowest BCUT2D eigenvalue weighted by Gasteiger charge is -1.97. The SMILES string of the molecule is CC(=O)C(=C=N)[n+]1cc(C)cc(C)c1. The van der Waals surface area contributed by atoms with Gasteiger partial charge in [0.25, 0.3) is 0 Å². The number of nitrogens with one attached hydrogen (secondary N) is 1. The van der Waals surface area contributed by atoms with E-state index in [0.717, 1.165) is 11.1 Å². The fourth-order valence-corrected chi connectivity index (χ4v) is 1.37. The average molecular weight is 189 g/mol. The van der Waals surface area contributed by atoms with E-state index in [4.69, 9.17) is 5.41 Å². The molecule has 0 aromatic carbocycles. The van der Waals surface area contributed by atoms with Crippen LogP contribution in [0.3, 0.4) is 0 Å². The van der Waals surface area contributed by atoms with Gasteiger partial charge in [0, 0.05) is 18.1 Å². The minimum Gasteiger partial charge on any atom is -0.287 e. The summed E-state index contributed by atoms with van der Waals surface area (Å²) in [4.78, 5) is 11.2. The number of hydrogen-bond acceptors (Lipinski definition) is 2. The van der Waals surface area contributed by atoms with Gasteiger partial charge in [0.2, 0.25) is 5.78 Å². The number of allylic oxidation sites excluding steroid dienone is 1. The molecule has 1 N–H and O–H groups in total. The molecule has 0 bridgehead atoms.